The number of fused-ring (bicyclic) bond motifs is 1. The Balaban J connectivity index is 1.30. The average molecular weight is 582 g/mol. The summed E-state index contributed by atoms with van der Waals surface area (Å²) in [7, 11) is -3.36. The molecule has 2 N–H and O–H groups in total. The number of nitrogens with zero attached hydrogens (tertiary/aromatic N) is 3. The van der Waals surface area contributed by atoms with Crippen molar-refractivity contribution in [3.8, 4) is 0 Å². The molecule has 1 saturated carbocycles. The quantitative estimate of drug-likeness (QED) is 0.440. The van der Waals surface area contributed by atoms with Gasteiger partial charge in [0, 0.05) is 49.2 Å². The summed E-state index contributed by atoms with van der Waals surface area (Å²) in [5.74, 6) is 0.00579. The van der Waals surface area contributed by atoms with E-state index in [1.165, 1.54) is 28.8 Å². The van der Waals surface area contributed by atoms with Crippen LogP contribution in [0.5, 0.6) is 0 Å². The number of benzene rings is 2. The maximum absolute atomic E-state index is 13.3. The molecular weight excluding hydrogens is 546 g/mol. The molecule has 2 heterocycles. The number of hydrogen-bond acceptors (Lipinski definition) is 6. The minimum atomic E-state index is -3.36. The van der Waals surface area contributed by atoms with Crippen LogP contribution >= 0.6 is 0 Å². The van der Waals surface area contributed by atoms with Crippen molar-refractivity contribution in [2.24, 2.45) is 5.92 Å². The second-order valence-corrected chi connectivity index (χ2v) is 13.3. The van der Waals surface area contributed by atoms with Gasteiger partial charge in [0.15, 0.2) is 9.84 Å². The molecule has 41 heavy (non-hydrogen) atoms. The molecule has 1 aliphatic carbocycles. The number of aromatic nitrogens is 2. The standard InChI is InChI=1S/C29H35N5O6S/c1-18(2)34-25-13-10-21(15-24(25)27(36)33(29(34)38)16-19-6-7-19)31-28(37)32-14-4-5-22(17-32)30-26(35)20-8-11-23(12-9-20)41(3,39)40/h8-13,15,18-19,22H,4-7,14,16-17H2,1-3H3,(H,30,35)(H,31,37). The van der Waals surface area contributed by atoms with Crippen LogP contribution in [0.4, 0.5) is 10.5 Å². The van der Waals surface area contributed by atoms with Crippen LogP contribution in [0.3, 0.4) is 0 Å². The van der Waals surface area contributed by atoms with Crippen molar-refractivity contribution in [3.05, 3.63) is 68.9 Å². The van der Waals surface area contributed by atoms with E-state index >= 15 is 0 Å². The molecule has 0 spiro atoms. The van der Waals surface area contributed by atoms with E-state index in [1.807, 2.05) is 13.8 Å². The van der Waals surface area contributed by atoms with E-state index in [2.05, 4.69) is 10.6 Å². The van der Waals surface area contributed by atoms with Crippen molar-refractivity contribution in [1.29, 1.82) is 0 Å². The van der Waals surface area contributed by atoms with E-state index in [1.54, 1.807) is 27.7 Å². The summed E-state index contributed by atoms with van der Waals surface area (Å²) < 4.78 is 26.3. The first kappa shape index (κ1) is 28.6. The molecule has 3 amide bonds. The fourth-order valence-electron chi connectivity index (χ4n) is 5.28. The molecule has 2 aliphatic rings. The monoisotopic (exact) mass is 581 g/mol. The highest BCUT2D eigenvalue weighted by molar-refractivity contribution is 7.90. The molecule has 12 heteroatoms. The van der Waals surface area contributed by atoms with Gasteiger partial charge < -0.3 is 15.5 Å². The first-order valence-corrected chi connectivity index (χ1v) is 15.8. The van der Waals surface area contributed by atoms with Crippen molar-refractivity contribution < 1.29 is 18.0 Å². The molecule has 11 nitrogen and oxygen atoms in total. The third-order valence-electron chi connectivity index (χ3n) is 7.66. The highest BCUT2D eigenvalue weighted by atomic mass is 32.2. The lowest BCUT2D eigenvalue weighted by Gasteiger charge is -2.33. The summed E-state index contributed by atoms with van der Waals surface area (Å²) in [6.45, 7) is 5.01. The van der Waals surface area contributed by atoms with Gasteiger partial charge in [0.05, 0.1) is 15.8 Å². The molecule has 0 radical (unpaired) electrons. The zero-order valence-electron chi connectivity index (χ0n) is 23.4. The Morgan fingerprint density at radius 1 is 1.02 bits per heavy atom. The van der Waals surface area contributed by atoms with Crippen molar-refractivity contribution in [2.75, 3.05) is 24.7 Å². The minimum absolute atomic E-state index is 0.137. The summed E-state index contributed by atoms with van der Waals surface area (Å²) in [6.07, 6.45) is 4.51. The molecule has 3 aromatic rings. The van der Waals surface area contributed by atoms with Gasteiger partial charge >= 0.3 is 11.7 Å². The zero-order valence-corrected chi connectivity index (χ0v) is 24.2. The third-order valence-corrected chi connectivity index (χ3v) is 8.79. The van der Waals surface area contributed by atoms with Gasteiger partial charge in [-0.15, -0.1) is 0 Å². The van der Waals surface area contributed by atoms with E-state index in [0.717, 1.165) is 19.1 Å². The van der Waals surface area contributed by atoms with Crippen LogP contribution in [-0.4, -0.2) is 59.8 Å². The molecule has 5 rings (SSSR count). The average Bonchev–Trinajstić information content (AvgIpc) is 3.75. The van der Waals surface area contributed by atoms with Crippen LogP contribution < -0.4 is 21.9 Å². The van der Waals surface area contributed by atoms with Gasteiger partial charge in [0.1, 0.15) is 0 Å². The molecule has 1 saturated heterocycles. The van der Waals surface area contributed by atoms with Crippen LogP contribution in [0.2, 0.25) is 0 Å². The lowest BCUT2D eigenvalue weighted by molar-refractivity contribution is 0.0913. The fraction of sp³-hybridized carbons (Fsp3) is 0.448. The highest BCUT2D eigenvalue weighted by Crippen LogP contribution is 2.30. The first-order chi connectivity index (χ1) is 19.4. The Hall–Kier alpha value is -3.93. The number of piperidine rings is 1. The Labute approximate surface area is 238 Å². The van der Waals surface area contributed by atoms with Crippen molar-refractivity contribution in [2.45, 2.75) is 63.1 Å². The Morgan fingerprint density at radius 3 is 2.37 bits per heavy atom. The van der Waals surface area contributed by atoms with Crippen molar-refractivity contribution in [3.63, 3.8) is 0 Å². The van der Waals surface area contributed by atoms with Crippen LogP contribution in [0, 0.1) is 5.92 Å². The van der Waals surface area contributed by atoms with Crippen molar-refractivity contribution in [1.82, 2.24) is 19.4 Å². The largest absolute Gasteiger partial charge is 0.348 e. The summed E-state index contributed by atoms with van der Waals surface area (Å²) in [4.78, 5) is 54.1. The molecule has 1 aromatic heterocycles. The van der Waals surface area contributed by atoms with E-state index in [-0.39, 0.29) is 40.2 Å². The summed E-state index contributed by atoms with van der Waals surface area (Å²) in [5, 5.41) is 6.19. The smallest absolute Gasteiger partial charge is 0.331 e. The van der Waals surface area contributed by atoms with E-state index in [0.29, 0.717) is 60.5 Å². The van der Waals surface area contributed by atoms with Crippen molar-refractivity contribution >= 4 is 38.4 Å². The number of urea groups is 1. The normalized spacial score (nSPS) is 17.6. The minimum Gasteiger partial charge on any atom is -0.348 e. The molecule has 1 atom stereocenters. The van der Waals surface area contributed by atoms with Gasteiger partial charge in [0.2, 0.25) is 0 Å². The number of likely N-dealkylation sites (tertiary alicyclic amines) is 1. The van der Waals surface area contributed by atoms with Crippen LogP contribution in [0.15, 0.2) is 56.9 Å². The van der Waals surface area contributed by atoms with Crippen LogP contribution in [-0.2, 0) is 16.4 Å². The molecule has 218 valence electrons. The van der Waals surface area contributed by atoms with Gasteiger partial charge in [-0.05, 0) is 87.9 Å². The molecular formula is C29H35N5O6S. The molecule has 2 aromatic carbocycles. The van der Waals surface area contributed by atoms with Gasteiger partial charge in [0.25, 0.3) is 11.5 Å². The van der Waals surface area contributed by atoms with Gasteiger partial charge in [-0.3, -0.25) is 18.7 Å². The summed E-state index contributed by atoms with van der Waals surface area (Å²) in [6, 6.07) is 9.98. The van der Waals surface area contributed by atoms with Gasteiger partial charge in [-0.2, -0.15) is 0 Å². The topological polar surface area (TPSA) is 140 Å². The number of rotatable bonds is 7. The number of sulfone groups is 1. The maximum atomic E-state index is 13.3. The van der Waals surface area contributed by atoms with Crippen LogP contribution in [0.1, 0.15) is 55.9 Å². The highest BCUT2D eigenvalue weighted by Gasteiger charge is 2.27. The van der Waals surface area contributed by atoms with Crippen LogP contribution in [0.25, 0.3) is 10.9 Å². The zero-order chi connectivity index (χ0) is 29.5. The van der Waals surface area contributed by atoms with E-state index < -0.39 is 9.84 Å². The van der Waals surface area contributed by atoms with E-state index in [9.17, 15) is 27.6 Å². The first-order valence-electron chi connectivity index (χ1n) is 13.9. The number of nitrogens with one attached hydrogen (secondary N) is 2. The van der Waals surface area contributed by atoms with E-state index in [4.69, 9.17) is 0 Å². The molecule has 1 unspecified atom stereocenters. The number of carbonyl (C=O) groups excluding carboxylic acids is 2. The maximum Gasteiger partial charge on any atom is 0.331 e. The number of amides is 3. The molecule has 0 bridgehead atoms. The lowest BCUT2D eigenvalue weighted by Crippen LogP contribution is -2.50. The lowest BCUT2D eigenvalue weighted by atomic mass is 10.1. The summed E-state index contributed by atoms with van der Waals surface area (Å²) >= 11 is 0. The fourth-order valence-corrected chi connectivity index (χ4v) is 5.91. The molecule has 2 fully saturated rings. The second-order valence-electron chi connectivity index (χ2n) is 11.3. The van der Waals surface area contributed by atoms with Gasteiger partial charge in [-0.1, -0.05) is 0 Å². The number of carbonyl (C=O) groups is 2. The Morgan fingerprint density at radius 2 is 1.73 bits per heavy atom. The number of anilines is 1. The second kappa shape index (κ2) is 11.2. The Kier molecular flexibility index (Phi) is 7.78. The summed E-state index contributed by atoms with van der Waals surface area (Å²) in [5.41, 5.74) is 0.653. The number of hydrogen-bond donors (Lipinski definition) is 2. The predicted molar refractivity (Wildman–Crippen MR) is 156 cm³/mol. The Bertz CT molecular complexity index is 1720. The third kappa shape index (κ3) is 6.22. The molecule has 1 aliphatic heterocycles. The van der Waals surface area contributed by atoms with Gasteiger partial charge in [-0.25, -0.2) is 18.0 Å². The SMILES string of the molecule is CC(C)n1c(=O)n(CC2CC2)c(=O)c2cc(NC(=O)N3CCCC(NC(=O)c4ccc(S(C)(=O)=O)cc4)C3)ccc21. The predicted octanol–water partition coefficient (Wildman–Crippen LogP) is 2.98.